The summed E-state index contributed by atoms with van der Waals surface area (Å²) < 4.78 is 11.2. The van der Waals surface area contributed by atoms with Gasteiger partial charge in [-0.2, -0.15) is 0 Å². The van der Waals surface area contributed by atoms with Gasteiger partial charge in [-0.25, -0.2) is 4.98 Å². The molecule has 136 valence electrons. The lowest BCUT2D eigenvalue weighted by molar-refractivity contribution is -0.126. The third-order valence-electron chi connectivity index (χ3n) is 4.04. The van der Waals surface area contributed by atoms with Crippen molar-refractivity contribution in [3.8, 4) is 11.1 Å². The van der Waals surface area contributed by atoms with E-state index in [9.17, 15) is 0 Å². The third kappa shape index (κ3) is 4.33. The molecule has 0 fully saturated rings. The number of para-hydroxylation sites is 1. The van der Waals surface area contributed by atoms with Crippen molar-refractivity contribution >= 4 is 28.3 Å². The molecule has 0 saturated heterocycles. The molecule has 0 aliphatic heterocycles. The van der Waals surface area contributed by atoms with Crippen molar-refractivity contribution in [3.63, 3.8) is 0 Å². The highest BCUT2D eigenvalue weighted by atomic mass is 35.5. The van der Waals surface area contributed by atoms with Crippen LogP contribution in [0, 0.1) is 0 Å². The first-order valence-corrected chi connectivity index (χ1v) is 9.22. The van der Waals surface area contributed by atoms with Crippen LogP contribution in [0.5, 0.6) is 0 Å². The summed E-state index contributed by atoms with van der Waals surface area (Å²) in [5.41, 5.74) is 2.95. The van der Waals surface area contributed by atoms with Gasteiger partial charge in [-0.15, -0.1) is 0 Å². The van der Waals surface area contributed by atoms with E-state index in [4.69, 9.17) is 26.1 Å². The molecule has 1 N–H and O–H groups in total. The molecule has 0 atom stereocenters. The molecule has 0 aliphatic rings. The van der Waals surface area contributed by atoms with E-state index in [0.717, 1.165) is 32.9 Å². The molecule has 0 radical (unpaired) electrons. The van der Waals surface area contributed by atoms with Crippen molar-refractivity contribution < 1.29 is 9.47 Å². The molecule has 1 aromatic heterocycles. The summed E-state index contributed by atoms with van der Waals surface area (Å²) in [5.74, 6) is 0.767. The molecule has 0 saturated carbocycles. The summed E-state index contributed by atoms with van der Waals surface area (Å²) in [6, 6.07) is 17.9. The largest absolute Gasteiger partial charge is 0.365 e. The third-order valence-corrected chi connectivity index (χ3v) is 4.36. The van der Waals surface area contributed by atoms with Gasteiger partial charge in [0.1, 0.15) is 5.82 Å². The Kier molecular flexibility index (Phi) is 6.45. The smallest absolute Gasteiger partial charge is 0.174 e. The van der Waals surface area contributed by atoms with Gasteiger partial charge in [-0.05, 0) is 37.6 Å². The average molecular weight is 371 g/mol. The molecule has 0 amide bonds. The van der Waals surface area contributed by atoms with Gasteiger partial charge < -0.3 is 14.8 Å². The predicted octanol–water partition coefficient (Wildman–Crippen LogP) is 5.37. The maximum absolute atomic E-state index is 6.44. The second-order valence-electron chi connectivity index (χ2n) is 5.77. The molecule has 0 spiro atoms. The Hall–Kier alpha value is -2.14. The number of nitrogens with one attached hydrogen (secondary N) is 1. The van der Waals surface area contributed by atoms with Crippen LogP contribution in [-0.4, -0.2) is 31.0 Å². The highest BCUT2D eigenvalue weighted by Crippen LogP contribution is 2.34. The summed E-state index contributed by atoms with van der Waals surface area (Å²) in [5, 5.41) is 5.12. The molecule has 0 aliphatic carbocycles. The highest BCUT2D eigenvalue weighted by Gasteiger charge is 2.12. The zero-order valence-electron chi connectivity index (χ0n) is 15.0. The molecule has 3 rings (SSSR count). The number of fused-ring (bicyclic) bond motifs is 1. The Morgan fingerprint density at radius 1 is 0.962 bits per heavy atom. The monoisotopic (exact) mass is 370 g/mol. The Balaban J connectivity index is 1.96. The number of hydrogen-bond acceptors (Lipinski definition) is 4. The average Bonchev–Trinajstić information content (AvgIpc) is 2.66. The van der Waals surface area contributed by atoms with Crippen molar-refractivity contribution in [3.05, 3.63) is 59.6 Å². The summed E-state index contributed by atoms with van der Waals surface area (Å²) in [6.45, 7) is 5.63. The Labute approximate surface area is 159 Å². The SMILES string of the molecule is CCOC(CNc1cc(-c2ccccc2Cl)c2ccccc2n1)OCC. The number of halogens is 1. The van der Waals surface area contributed by atoms with Gasteiger partial charge in [0, 0.05) is 29.2 Å². The molecule has 4 nitrogen and oxygen atoms in total. The first-order chi connectivity index (χ1) is 12.7. The maximum Gasteiger partial charge on any atom is 0.174 e. The number of benzene rings is 2. The van der Waals surface area contributed by atoms with E-state index in [1.807, 2.05) is 62.4 Å². The predicted molar refractivity (Wildman–Crippen MR) is 108 cm³/mol. The number of anilines is 1. The molecule has 0 bridgehead atoms. The van der Waals surface area contributed by atoms with Crippen molar-refractivity contribution in [2.24, 2.45) is 0 Å². The minimum Gasteiger partial charge on any atom is -0.365 e. The highest BCUT2D eigenvalue weighted by molar-refractivity contribution is 6.33. The quantitative estimate of drug-likeness (QED) is 0.541. The first-order valence-electron chi connectivity index (χ1n) is 8.84. The topological polar surface area (TPSA) is 43.4 Å². The Morgan fingerprint density at radius 2 is 1.65 bits per heavy atom. The fourth-order valence-corrected chi connectivity index (χ4v) is 3.13. The second kappa shape index (κ2) is 8.99. The Bertz CT molecular complexity index is 864. The molecule has 5 heteroatoms. The molecule has 1 heterocycles. The first kappa shape index (κ1) is 18.6. The molecular weight excluding hydrogens is 348 g/mol. The van der Waals surface area contributed by atoms with Crippen molar-refractivity contribution in [1.82, 2.24) is 4.98 Å². The minimum atomic E-state index is -0.304. The number of nitrogens with zero attached hydrogens (tertiary/aromatic N) is 1. The van der Waals surface area contributed by atoms with Crippen LogP contribution in [0.2, 0.25) is 5.02 Å². The van der Waals surface area contributed by atoms with E-state index in [2.05, 4.69) is 11.4 Å². The van der Waals surface area contributed by atoms with E-state index >= 15 is 0 Å². The summed E-state index contributed by atoms with van der Waals surface area (Å²) in [7, 11) is 0. The van der Waals surface area contributed by atoms with Gasteiger partial charge in [0.2, 0.25) is 0 Å². The number of pyridine rings is 1. The van der Waals surface area contributed by atoms with Crippen molar-refractivity contribution in [2.75, 3.05) is 25.1 Å². The second-order valence-corrected chi connectivity index (χ2v) is 6.18. The zero-order valence-corrected chi connectivity index (χ0v) is 15.8. The molecule has 3 aromatic rings. The molecule has 26 heavy (non-hydrogen) atoms. The standard InChI is InChI=1S/C21H23ClN2O2/c1-3-25-21(26-4-2)14-23-20-13-17(15-9-5-7-11-18(15)22)16-10-6-8-12-19(16)24-20/h5-13,21H,3-4,14H2,1-2H3,(H,23,24). The van der Waals surface area contributed by atoms with E-state index in [-0.39, 0.29) is 6.29 Å². The van der Waals surface area contributed by atoms with Crippen LogP contribution in [0.1, 0.15) is 13.8 Å². The summed E-state index contributed by atoms with van der Waals surface area (Å²) in [6.07, 6.45) is -0.304. The number of hydrogen-bond donors (Lipinski definition) is 1. The van der Waals surface area contributed by atoms with E-state index in [1.165, 1.54) is 0 Å². The fourth-order valence-electron chi connectivity index (χ4n) is 2.89. The van der Waals surface area contributed by atoms with Crippen LogP contribution in [-0.2, 0) is 9.47 Å². The van der Waals surface area contributed by atoms with Crippen LogP contribution < -0.4 is 5.32 Å². The van der Waals surface area contributed by atoms with Crippen LogP contribution in [0.25, 0.3) is 22.0 Å². The number of rotatable bonds is 8. The fraction of sp³-hybridized carbons (Fsp3) is 0.286. The lowest BCUT2D eigenvalue weighted by Crippen LogP contribution is -2.26. The zero-order chi connectivity index (χ0) is 18.4. The van der Waals surface area contributed by atoms with Gasteiger partial charge >= 0.3 is 0 Å². The Morgan fingerprint density at radius 3 is 2.38 bits per heavy atom. The van der Waals surface area contributed by atoms with Gasteiger partial charge in [0.15, 0.2) is 6.29 Å². The summed E-state index contributed by atoms with van der Waals surface area (Å²) >= 11 is 6.44. The normalized spacial score (nSPS) is 11.2. The van der Waals surface area contributed by atoms with Gasteiger partial charge in [-0.1, -0.05) is 48.0 Å². The van der Waals surface area contributed by atoms with Gasteiger partial charge in [0.25, 0.3) is 0 Å². The van der Waals surface area contributed by atoms with Crippen LogP contribution in [0.15, 0.2) is 54.6 Å². The lowest BCUT2D eigenvalue weighted by atomic mass is 10.0. The van der Waals surface area contributed by atoms with E-state index in [1.54, 1.807) is 0 Å². The molecule has 2 aromatic carbocycles. The van der Waals surface area contributed by atoms with Gasteiger partial charge in [0.05, 0.1) is 12.1 Å². The molecule has 0 unspecified atom stereocenters. The van der Waals surface area contributed by atoms with Crippen LogP contribution in [0.3, 0.4) is 0 Å². The van der Waals surface area contributed by atoms with Crippen LogP contribution in [0.4, 0.5) is 5.82 Å². The van der Waals surface area contributed by atoms with Crippen molar-refractivity contribution in [2.45, 2.75) is 20.1 Å². The maximum atomic E-state index is 6.44. The van der Waals surface area contributed by atoms with E-state index < -0.39 is 0 Å². The van der Waals surface area contributed by atoms with Crippen LogP contribution >= 0.6 is 11.6 Å². The van der Waals surface area contributed by atoms with Crippen molar-refractivity contribution in [1.29, 1.82) is 0 Å². The lowest BCUT2D eigenvalue weighted by Gasteiger charge is -2.18. The number of ether oxygens (including phenoxy) is 2. The summed E-state index contributed by atoms with van der Waals surface area (Å²) in [4.78, 5) is 4.72. The molecular formula is C21H23ClN2O2. The minimum absolute atomic E-state index is 0.304. The number of aromatic nitrogens is 1. The van der Waals surface area contributed by atoms with E-state index in [0.29, 0.717) is 19.8 Å². The van der Waals surface area contributed by atoms with Gasteiger partial charge in [-0.3, -0.25) is 0 Å².